The molecule has 0 bridgehead atoms. The number of hydrogen-bond acceptors (Lipinski definition) is 7. The van der Waals surface area contributed by atoms with Gasteiger partial charge in [-0.25, -0.2) is 8.42 Å². The van der Waals surface area contributed by atoms with E-state index in [1.807, 2.05) is 0 Å². The van der Waals surface area contributed by atoms with Crippen molar-refractivity contribution in [1.82, 2.24) is 20.4 Å². The third kappa shape index (κ3) is 6.59. The molecule has 14 heteroatoms. The number of piperidine rings is 1. The van der Waals surface area contributed by atoms with E-state index < -0.39 is 33.8 Å². The maximum Gasteiger partial charge on any atom is 0.269 e. The number of rotatable bonds is 8. The number of halogens is 2. The molecule has 2 aliphatic heterocycles. The van der Waals surface area contributed by atoms with Crippen molar-refractivity contribution in [3.63, 3.8) is 0 Å². The summed E-state index contributed by atoms with van der Waals surface area (Å²) in [6.45, 7) is 3.96. The highest BCUT2D eigenvalue weighted by Crippen LogP contribution is 2.25. The lowest BCUT2D eigenvalue weighted by molar-refractivity contribution is -0.116. The fourth-order valence-corrected chi connectivity index (χ4v) is 6.33. The number of carbonyl (C=O) groups is 3. The highest BCUT2D eigenvalue weighted by molar-refractivity contribution is 7.89. The lowest BCUT2D eigenvalue weighted by Gasteiger charge is -2.31. The van der Waals surface area contributed by atoms with E-state index in [1.54, 1.807) is 30.3 Å². The molecule has 1 atom stereocenters. The van der Waals surface area contributed by atoms with Crippen LogP contribution in [0, 0.1) is 0 Å². The van der Waals surface area contributed by atoms with Crippen molar-refractivity contribution >= 4 is 62.3 Å². The average Bonchev–Trinajstić information content (AvgIpc) is 3.37. The fourth-order valence-electron chi connectivity index (χ4n) is 4.25. The Labute approximate surface area is 235 Å². The zero-order valence-corrected chi connectivity index (χ0v) is 22.9. The summed E-state index contributed by atoms with van der Waals surface area (Å²) in [5.74, 6) is -1.45. The van der Waals surface area contributed by atoms with Gasteiger partial charge in [0.1, 0.15) is 5.71 Å². The van der Waals surface area contributed by atoms with Crippen molar-refractivity contribution in [2.24, 2.45) is 5.10 Å². The van der Waals surface area contributed by atoms with Gasteiger partial charge in [-0.05, 0) is 49.2 Å². The van der Waals surface area contributed by atoms with Gasteiger partial charge in [0.05, 0.1) is 33.1 Å². The summed E-state index contributed by atoms with van der Waals surface area (Å²) in [6, 6.07) is 9.69. The molecule has 1 fully saturated rings. The molecule has 2 aromatic rings. The van der Waals surface area contributed by atoms with Crippen LogP contribution in [0.4, 0.5) is 5.69 Å². The Morgan fingerprint density at radius 2 is 1.69 bits per heavy atom. The van der Waals surface area contributed by atoms with Gasteiger partial charge in [-0.3, -0.25) is 14.4 Å². The second kappa shape index (κ2) is 12.2. The molecule has 1 saturated heterocycles. The van der Waals surface area contributed by atoms with Crippen molar-refractivity contribution in [3.8, 4) is 0 Å². The van der Waals surface area contributed by atoms with Crippen molar-refractivity contribution in [2.45, 2.75) is 29.8 Å². The molecule has 3 amide bonds. The van der Waals surface area contributed by atoms with Crippen LogP contribution in [0.25, 0.3) is 0 Å². The summed E-state index contributed by atoms with van der Waals surface area (Å²) < 4.78 is 27.7. The second-order valence-electron chi connectivity index (χ2n) is 8.86. The monoisotopic (exact) mass is 592 g/mol. The van der Waals surface area contributed by atoms with E-state index in [2.05, 4.69) is 33.1 Å². The standard InChI is InChI=1S/C25H26Cl2N6O5S/c1-2-21(34)29-16-5-3-6-17(13-16)39(37,38)33-11-9-15(10-12-33)30-25(36)23-20(14-28-32-23)31-24(35)22-18(26)7-4-8-19(22)27/h2-8,13,15,20,28H,1,9-12,14H2,(H,29,34)(H,30,36)(H,31,35). The number of nitrogens with zero attached hydrogens (tertiary/aromatic N) is 2. The van der Waals surface area contributed by atoms with Gasteiger partial charge in [0.2, 0.25) is 15.9 Å². The largest absolute Gasteiger partial charge is 0.348 e. The molecule has 0 aliphatic carbocycles. The SMILES string of the molecule is C=CC(=O)Nc1cccc(S(=O)(=O)N2CCC(NC(=O)C3=NNCC3NC(=O)c3c(Cl)cccc3Cl)CC2)c1. The van der Waals surface area contributed by atoms with Crippen molar-refractivity contribution in [3.05, 3.63) is 70.7 Å². The summed E-state index contributed by atoms with van der Waals surface area (Å²) in [4.78, 5) is 37.3. The zero-order chi connectivity index (χ0) is 28.2. The maximum absolute atomic E-state index is 13.2. The van der Waals surface area contributed by atoms with Crippen LogP contribution in [-0.2, 0) is 19.6 Å². The smallest absolute Gasteiger partial charge is 0.269 e. The van der Waals surface area contributed by atoms with Crippen molar-refractivity contribution < 1.29 is 22.8 Å². The second-order valence-corrected chi connectivity index (χ2v) is 11.6. The van der Waals surface area contributed by atoms with Gasteiger partial charge >= 0.3 is 0 Å². The molecular weight excluding hydrogens is 567 g/mol. The lowest BCUT2D eigenvalue weighted by atomic mass is 10.1. The number of amides is 3. The predicted octanol–water partition coefficient (Wildman–Crippen LogP) is 2.15. The topological polar surface area (TPSA) is 149 Å². The molecule has 206 valence electrons. The molecular formula is C25H26Cl2N6O5S. The van der Waals surface area contributed by atoms with Gasteiger partial charge in [-0.2, -0.15) is 9.41 Å². The van der Waals surface area contributed by atoms with E-state index in [0.29, 0.717) is 18.5 Å². The first-order valence-electron chi connectivity index (χ1n) is 12.0. The molecule has 1 unspecified atom stereocenters. The molecule has 0 saturated carbocycles. The Morgan fingerprint density at radius 1 is 1.03 bits per heavy atom. The van der Waals surface area contributed by atoms with Crippen LogP contribution < -0.4 is 21.4 Å². The highest BCUT2D eigenvalue weighted by Gasteiger charge is 2.34. The first-order valence-corrected chi connectivity index (χ1v) is 14.2. The van der Waals surface area contributed by atoms with Gasteiger partial charge in [-0.15, -0.1) is 0 Å². The minimum Gasteiger partial charge on any atom is -0.348 e. The van der Waals surface area contributed by atoms with Crippen LogP contribution >= 0.6 is 23.2 Å². The van der Waals surface area contributed by atoms with Gasteiger partial charge in [0, 0.05) is 24.8 Å². The van der Waals surface area contributed by atoms with Gasteiger partial charge < -0.3 is 21.4 Å². The Hall–Kier alpha value is -3.45. The molecule has 0 radical (unpaired) electrons. The number of nitrogens with one attached hydrogen (secondary N) is 4. The van der Waals surface area contributed by atoms with Gasteiger partial charge in [0.15, 0.2) is 0 Å². The highest BCUT2D eigenvalue weighted by atomic mass is 35.5. The van der Waals surface area contributed by atoms with E-state index in [4.69, 9.17) is 23.2 Å². The lowest BCUT2D eigenvalue weighted by Crippen LogP contribution is -2.52. The summed E-state index contributed by atoms with van der Waals surface area (Å²) >= 11 is 12.2. The Balaban J connectivity index is 1.34. The minimum atomic E-state index is -3.81. The van der Waals surface area contributed by atoms with Crippen LogP contribution in [0.15, 0.2) is 65.1 Å². The Kier molecular flexibility index (Phi) is 8.90. The third-order valence-corrected chi connectivity index (χ3v) is 8.79. The van der Waals surface area contributed by atoms with E-state index in [0.717, 1.165) is 6.08 Å². The average molecular weight is 593 g/mol. The quantitative estimate of drug-likeness (QED) is 0.345. The van der Waals surface area contributed by atoms with Gasteiger partial charge in [0.25, 0.3) is 11.8 Å². The van der Waals surface area contributed by atoms with E-state index in [9.17, 15) is 22.8 Å². The first-order chi connectivity index (χ1) is 18.6. The summed E-state index contributed by atoms with van der Waals surface area (Å²) in [7, 11) is -3.81. The van der Waals surface area contributed by atoms with E-state index >= 15 is 0 Å². The van der Waals surface area contributed by atoms with Crippen LogP contribution in [0.3, 0.4) is 0 Å². The molecule has 2 heterocycles. The van der Waals surface area contributed by atoms with Crippen LogP contribution in [0.5, 0.6) is 0 Å². The molecule has 2 aromatic carbocycles. The van der Waals surface area contributed by atoms with E-state index in [1.165, 1.54) is 16.4 Å². The number of carbonyl (C=O) groups excluding carboxylic acids is 3. The number of sulfonamides is 1. The van der Waals surface area contributed by atoms with Crippen LogP contribution in [0.1, 0.15) is 23.2 Å². The number of anilines is 1. The molecule has 11 nitrogen and oxygen atoms in total. The van der Waals surface area contributed by atoms with Crippen molar-refractivity contribution in [1.29, 1.82) is 0 Å². The molecule has 4 N–H and O–H groups in total. The Morgan fingerprint density at radius 3 is 2.36 bits per heavy atom. The van der Waals surface area contributed by atoms with Gasteiger partial charge in [-0.1, -0.05) is 41.9 Å². The number of hydrazone groups is 1. The number of benzene rings is 2. The number of hydrogen-bond donors (Lipinski definition) is 4. The Bertz CT molecular complexity index is 1420. The normalized spacial score (nSPS) is 18.0. The summed E-state index contributed by atoms with van der Waals surface area (Å²) in [5, 5.41) is 12.6. The molecule has 4 rings (SSSR count). The van der Waals surface area contributed by atoms with E-state index in [-0.39, 0.29) is 51.9 Å². The van der Waals surface area contributed by atoms with Crippen LogP contribution in [0.2, 0.25) is 10.0 Å². The zero-order valence-electron chi connectivity index (χ0n) is 20.6. The first kappa shape index (κ1) is 28.6. The summed E-state index contributed by atoms with van der Waals surface area (Å²) in [6.07, 6.45) is 1.85. The maximum atomic E-state index is 13.2. The summed E-state index contributed by atoms with van der Waals surface area (Å²) in [5.41, 5.74) is 3.26. The molecule has 39 heavy (non-hydrogen) atoms. The minimum absolute atomic E-state index is 0.0513. The van der Waals surface area contributed by atoms with Crippen LogP contribution in [-0.4, -0.2) is 67.9 Å². The van der Waals surface area contributed by atoms with Crippen molar-refractivity contribution in [2.75, 3.05) is 25.0 Å². The fraction of sp³-hybridized carbons (Fsp3) is 0.280. The predicted molar refractivity (Wildman–Crippen MR) is 148 cm³/mol. The molecule has 0 aromatic heterocycles. The molecule has 2 aliphatic rings. The molecule has 0 spiro atoms. The third-order valence-electron chi connectivity index (χ3n) is 6.27.